The van der Waals surface area contributed by atoms with Crippen LogP contribution in [-0.4, -0.2) is 58.2 Å². The van der Waals surface area contributed by atoms with Crippen molar-refractivity contribution in [1.82, 2.24) is 14.9 Å². The first-order chi connectivity index (χ1) is 10.3. The first-order valence-corrected chi connectivity index (χ1v) is 7.74. The molecule has 0 aromatic carbocycles. The predicted octanol–water partition coefficient (Wildman–Crippen LogP) is 1.24. The van der Waals surface area contributed by atoms with E-state index >= 15 is 0 Å². The molecule has 1 aromatic heterocycles. The summed E-state index contributed by atoms with van der Waals surface area (Å²) in [4.78, 5) is 24.5. The van der Waals surface area contributed by atoms with Gasteiger partial charge in [0.1, 0.15) is 0 Å². The molecule has 2 atom stereocenters. The van der Waals surface area contributed by atoms with Crippen LogP contribution in [0.3, 0.4) is 0 Å². The molecule has 0 amide bonds. The van der Waals surface area contributed by atoms with Gasteiger partial charge >= 0.3 is 5.97 Å². The molecule has 0 radical (unpaired) electrons. The monoisotopic (exact) mass is 290 g/mol. The van der Waals surface area contributed by atoms with Crippen LogP contribution < -0.4 is 4.90 Å². The molecule has 1 N–H and O–H groups in total. The third kappa shape index (κ3) is 3.15. The fourth-order valence-corrected chi connectivity index (χ4v) is 3.54. The predicted molar refractivity (Wildman–Crippen MR) is 79.2 cm³/mol. The number of carbonyl (C=O) groups is 1. The Morgan fingerprint density at radius 2 is 1.76 bits per heavy atom. The maximum absolute atomic E-state index is 11.4. The highest BCUT2D eigenvalue weighted by atomic mass is 16.4. The van der Waals surface area contributed by atoms with E-state index in [0.717, 1.165) is 57.8 Å². The zero-order chi connectivity index (χ0) is 14.7. The van der Waals surface area contributed by atoms with Gasteiger partial charge in [0, 0.05) is 44.6 Å². The molecular weight excluding hydrogens is 268 g/mol. The standard InChI is InChI=1S/C15H22N4O2/c20-14(21)12-4-1-2-5-13(12)18-8-10-19(11-9-18)15-16-6-3-7-17-15/h3,6-7,12-13H,1-2,4-5,8-11H2,(H,20,21). The summed E-state index contributed by atoms with van der Waals surface area (Å²) in [5.41, 5.74) is 0. The Kier molecular flexibility index (Phi) is 4.34. The fraction of sp³-hybridized carbons (Fsp3) is 0.667. The quantitative estimate of drug-likeness (QED) is 0.903. The second-order valence-corrected chi connectivity index (χ2v) is 5.87. The van der Waals surface area contributed by atoms with Gasteiger partial charge in [-0.15, -0.1) is 0 Å². The molecule has 1 aliphatic heterocycles. The van der Waals surface area contributed by atoms with Gasteiger partial charge in [-0.2, -0.15) is 0 Å². The Balaban J connectivity index is 1.61. The number of rotatable bonds is 3. The summed E-state index contributed by atoms with van der Waals surface area (Å²) in [6.07, 6.45) is 7.55. The van der Waals surface area contributed by atoms with Crippen molar-refractivity contribution < 1.29 is 9.90 Å². The zero-order valence-electron chi connectivity index (χ0n) is 12.2. The highest BCUT2D eigenvalue weighted by molar-refractivity contribution is 5.71. The van der Waals surface area contributed by atoms with Crippen molar-refractivity contribution in [2.75, 3.05) is 31.1 Å². The Hall–Kier alpha value is -1.69. The van der Waals surface area contributed by atoms with Gasteiger partial charge in [0.15, 0.2) is 0 Å². The molecule has 1 aromatic rings. The number of carboxylic acids is 1. The van der Waals surface area contributed by atoms with Gasteiger partial charge < -0.3 is 10.0 Å². The van der Waals surface area contributed by atoms with Gasteiger partial charge in [-0.25, -0.2) is 9.97 Å². The molecule has 3 rings (SSSR count). The zero-order valence-corrected chi connectivity index (χ0v) is 12.2. The number of aliphatic carboxylic acids is 1. The molecule has 1 saturated carbocycles. The third-order valence-corrected chi connectivity index (χ3v) is 4.66. The van der Waals surface area contributed by atoms with Gasteiger partial charge in [-0.1, -0.05) is 12.8 Å². The molecule has 6 nitrogen and oxygen atoms in total. The molecule has 21 heavy (non-hydrogen) atoms. The van der Waals surface area contributed by atoms with E-state index in [4.69, 9.17) is 0 Å². The molecule has 0 spiro atoms. The van der Waals surface area contributed by atoms with Crippen LogP contribution >= 0.6 is 0 Å². The summed E-state index contributed by atoms with van der Waals surface area (Å²) >= 11 is 0. The summed E-state index contributed by atoms with van der Waals surface area (Å²) in [5, 5.41) is 9.41. The van der Waals surface area contributed by atoms with E-state index in [1.54, 1.807) is 12.4 Å². The Morgan fingerprint density at radius 1 is 1.10 bits per heavy atom. The lowest BCUT2D eigenvalue weighted by atomic mass is 9.83. The van der Waals surface area contributed by atoms with Gasteiger partial charge in [-0.3, -0.25) is 9.69 Å². The number of hydrogen-bond donors (Lipinski definition) is 1. The van der Waals surface area contributed by atoms with Crippen LogP contribution in [0.1, 0.15) is 25.7 Å². The van der Waals surface area contributed by atoms with Gasteiger partial charge in [0.05, 0.1) is 5.92 Å². The summed E-state index contributed by atoms with van der Waals surface area (Å²) < 4.78 is 0. The van der Waals surface area contributed by atoms with E-state index < -0.39 is 5.97 Å². The lowest BCUT2D eigenvalue weighted by Gasteiger charge is -2.43. The number of aromatic nitrogens is 2. The van der Waals surface area contributed by atoms with Gasteiger partial charge in [-0.05, 0) is 18.9 Å². The van der Waals surface area contributed by atoms with Crippen molar-refractivity contribution in [3.8, 4) is 0 Å². The molecular formula is C15H22N4O2. The van der Waals surface area contributed by atoms with Crippen LogP contribution in [0.25, 0.3) is 0 Å². The van der Waals surface area contributed by atoms with Crippen molar-refractivity contribution in [2.24, 2.45) is 5.92 Å². The van der Waals surface area contributed by atoms with E-state index in [1.807, 2.05) is 6.07 Å². The summed E-state index contributed by atoms with van der Waals surface area (Å²) in [7, 11) is 0. The van der Waals surface area contributed by atoms with E-state index in [-0.39, 0.29) is 12.0 Å². The molecule has 2 heterocycles. The number of anilines is 1. The normalized spacial score (nSPS) is 27.5. The summed E-state index contributed by atoms with van der Waals surface area (Å²) in [6.45, 7) is 3.53. The number of nitrogens with zero attached hydrogens (tertiary/aromatic N) is 4. The SMILES string of the molecule is O=C(O)C1CCCCC1N1CCN(c2ncccn2)CC1. The first-order valence-electron chi connectivity index (χ1n) is 7.74. The van der Waals surface area contributed by atoms with Crippen LogP contribution in [0.2, 0.25) is 0 Å². The Labute approximate surface area is 124 Å². The van der Waals surface area contributed by atoms with Crippen molar-refractivity contribution in [3.63, 3.8) is 0 Å². The summed E-state index contributed by atoms with van der Waals surface area (Å²) in [6, 6.07) is 2.02. The fourth-order valence-electron chi connectivity index (χ4n) is 3.54. The Morgan fingerprint density at radius 3 is 2.43 bits per heavy atom. The van der Waals surface area contributed by atoms with Crippen LogP contribution in [0, 0.1) is 5.92 Å². The van der Waals surface area contributed by atoms with E-state index in [9.17, 15) is 9.90 Å². The van der Waals surface area contributed by atoms with Crippen LogP contribution in [0.5, 0.6) is 0 Å². The van der Waals surface area contributed by atoms with Gasteiger partial charge in [0.2, 0.25) is 5.95 Å². The minimum atomic E-state index is -0.631. The maximum atomic E-state index is 11.4. The molecule has 1 saturated heterocycles. The second kappa shape index (κ2) is 6.39. The van der Waals surface area contributed by atoms with Crippen molar-refractivity contribution in [3.05, 3.63) is 18.5 Å². The lowest BCUT2D eigenvalue weighted by molar-refractivity contribution is -0.145. The van der Waals surface area contributed by atoms with E-state index in [0.29, 0.717) is 0 Å². The topological polar surface area (TPSA) is 69.6 Å². The Bertz CT molecular complexity index is 474. The second-order valence-electron chi connectivity index (χ2n) is 5.87. The molecule has 2 aliphatic rings. The van der Waals surface area contributed by atoms with Crippen LogP contribution in [0.4, 0.5) is 5.95 Å². The number of carboxylic acid groups (broad SMARTS) is 1. The minimum Gasteiger partial charge on any atom is -0.481 e. The van der Waals surface area contributed by atoms with Gasteiger partial charge in [0.25, 0.3) is 0 Å². The molecule has 6 heteroatoms. The van der Waals surface area contributed by atoms with Crippen LogP contribution in [0.15, 0.2) is 18.5 Å². The van der Waals surface area contributed by atoms with Crippen LogP contribution in [-0.2, 0) is 4.79 Å². The van der Waals surface area contributed by atoms with E-state index in [1.165, 1.54) is 0 Å². The number of hydrogen-bond acceptors (Lipinski definition) is 5. The summed E-state index contributed by atoms with van der Waals surface area (Å²) in [5.74, 6) is -0.0534. The molecule has 2 unspecified atom stereocenters. The molecule has 0 bridgehead atoms. The maximum Gasteiger partial charge on any atom is 0.308 e. The van der Waals surface area contributed by atoms with E-state index in [2.05, 4.69) is 19.8 Å². The third-order valence-electron chi connectivity index (χ3n) is 4.66. The molecule has 2 fully saturated rings. The largest absolute Gasteiger partial charge is 0.481 e. The lowest BCUT2D eigenvalue weighted by Crippen LogP contribution is -2.54. The van der Waals surface area contributed by atoms with Crippen molar-refractivity contribution >= 4 is 11.9 Å². The average Bonchev–Trinajstić information content (AvgIpc) is 2.56. The average molecular weight is 290 g/mol. The highest BCUT2D eigenvalue weighted by Crippen LogP contribution is 2.29. The first kappa shape index (κ1) is 14.3. The molecule has 1 aliphatic carbocycles. The minimum absolute atomic E-state index is 0.196. The smallest absolute Gasteiger partial charge is 0.308 e. The van der Waals surface area contributed by atoms with Crippen molar-refractivity contribution in [1.29, 1.82) is 0 Å². The van der Waals surface area contributed by atoms with Crippen molar-refractivity contribution in [2.45, 2.75) is 31.7 Å². The highest BCUT2D eigenvalue weighted by Gasteiger charge is 2.36. The molecule has 114 valence electrons. The number of piperazine rings is 1.